The lowest BCUT2D eigenvalue weighted by Gasteiger charge is -1.97. The molecule has 68 valence electrons. The van der Waals surface area contributed by atoms with Gasteiger partial charge in [-0.2, -0.15) is 5.10 Å². The van der Waals surface area contributed by atoms with Crippen LogP contribution in [0.4, 0.5) is 0 Å². The minimum atomic E-state index is -0.456. The third kappa shape index (κ3) is 0.915. The summed E-state index contributed by atoms with van der Waals surface area (Å²) in [5.41, 5.74) is 0.638. The van der Waals surface area contributed by atoms with Crippen molar-refractivity contribution >= 4 is 11.0 Å². The summed E-state index contributed by atoms with van der Waals surface area (Å²) in [5.74, 6) is 0. The second-order valence-electron chi connectivity index (χ2n) is 2.86. The van der Waals surface area contributed by atoms with Gasteiger partial charge in [0.1, 0.15) is 0 Å². The van der Waals surface area contributed by atoms with Gasteiger partial charge in [0.25, 0.3) is 5.56 Å². The van der Waals surface area contributed by atoms with E-state index in [1.807, 2.05) is 0 Å². The molecule has 0 amide bonds. The van der Waals surface area contributed by atoms with Crippen LogP contribution < -0.4 is 11.2 Å². The van der Waals surface area contributed by atoms with E-state index in [9.17, 15) is 9.59 Å². The summed E-state index contributed by atoms with van der Waals surface area (Å²) in [6.45, 7) is 1.76. The van der Waals surface area contributed by atoms with E-state index < -0.39 is 11.2 Å². The first-order valence-electron chi connectivity index (χ1n) is 3.75. The minimum absolute atomic E-state index is 0.264. The molecule has 0 fully saturated rings. The number of aromatic amines is 2. The zero-order chi connectivity index (χ0) is 9.59. The van der Waals surface area contributed by atoms with Crippen LogP contribution in [0.3, 0.4) is 0 Å². The standard InChI is InChI=1S/C7H8N4O2/c1-3-5-4(10-9-3)6(12)8-7(13)11(5)2/h1-2H3,(H,9,10)(H,8,12,13). The van der Waals surface area contributed by atoms with E-state index in [2.05, 4.69) is 15.2 Å². The highest BCUT2D eigenvalue weighted by Gasteiger charge is 2.09. The maximum Gasteiger partial charge on any atom is 0.328 e. The van der Waals surface area contributed by atoms with Crippen LogP contribution in [0.25, 0.3) is 11.0 Å². The molecule has 6 heteroatoms. The predicted molar refractivity (Wildman–Crippen MR) is 46.7 cm³/mol. The lowest BCUT2D eigenvalue weighted by atomic mass is 10.3. The maximum absolute atomic E-state index is 11.2. The summed E-state index contributed by atoms with van der Waals surface area (Å²) in [6.07, 6.45) is 0. The Hall–Kier alpha value is -1.85. The summed E-state index contributed by atoms with van der Waals surface area (Å²) in [7, 11) is 1.59. The van der Waals surface area contributed by atoms with Crippen LogP contribution in [-0.2, 0) is 7.05 Å². The first-order chi connectivity index (χ1) is 6.11. The average Bonchev–Trinajstić information content (AvgIpc) is 2.44. The number of rotatable bonds is 0. The highest BCUT2D eigenvalue weighted by Crippen LogP contribution is 2.06. The van der Waals surface area contributed by atoms with E-state index in [1.165, 1.54) is 4.57 Å². The zero-order valence-corrected chi connectivity index (χ0v) is 7.21. The fraction of sp³-hybridized carbons (Fsp3) is 0.286. The molecule has 0 spiro atoms. The van der Waals surface area contributed by atoms with E-state index in [1.54, 1.807) is 14.0 Å². The fourth-order valence-electron chi connectivity index (χ4n) is 1.33. The van der Waals surface area contributed by atoms with Gasteiger partial charge in [-0.25, -0.2) is 4.79 Å². The van der Waals surface area contributed by atoms with E-state index >= 15 is 0 Å². The normalized spacial score (nSPS) is 10.9. The molecule has 0 aliphatic heterocycles. The van der Waals surface area contributed by atoms with Crippen LogP contribution >= 0.6 is 0 Å². The Morgan fingerprint density at radius 2 is 2.08 bits per heavy atom. The molecule has 0 aliphatic rings. The number of aromatic nitrogens is 4. The lowest BCUT2D eigenvalue weighted by molar-refractivity contribution is 0.840. The Morgan fingerprint density at radius 3 is 2.77 bits per heavy atom. The third-order valence-corrected chi connectivity index (χ3v) is 1.99. The van der Waals surface area contributed by atoms with Crippen molar-refractivity contribution in [1.29, 1.82) is 0 Å². The van der Waals surface area contributed by atoms with Crippen molar-refractivity contribution in [2.45, 2.75) is 6.92 Å². The van der Waals surface area contributed by atoms with Gasteiger partial charge >= 0.3 is 5.69 Å². The summed E-state index contributed by atoms with van der Waals surface area (Å²) in [6, 6.07) is 0. The number of hydrogen-bond acceptors (Lipinski definition) is 3. The van der Waals surface area contributed by atoms with Gasteiger partial charge in [0.15, 0.2) is 5.52 Å². The summed E-state index contributed by atoms with van der Waals surface area (Å²) in [5, 5.41) is 6.45. The molecule has 6 nitrogen and oxygen atoms in total. The highest BCUT2D eigenvalue weighted by molar-refractivity contribution is 5.75. The molecule has 0 saturated carbocycles. The van der Waals surface area contributed by atoms with Crippen LogP contribution in [0.5, 0.6) is 0 Å². The predicted octanol–water partition coefficient (Wildman–Crippen LogP) is -0.742. The molecule has 2 aromatic rings. The van der Waals surface area contributed by atoms with Gasteiger partial charge in [0, 0.05) is 7.05 Å². The number of aryl methyl sites for hydroxylation is 2. The Morgan fingerprint density at radius 1 is 1.38 bits per heavy atom. The highest BCUT2D eigenvalue weighted by atomic mass is 16.2. The zero-order valence-electron chi connectivity index (χ0n) is 7.21. The Balaban J connectivity index is 3.19. The molecule has 0 atom stereocenters. The molecular formula is C7H8N4O2. The molecule has 0 saturated heterocycles. The van der Waals surface area contributed by atoms with Gasteiger partial charge in [-0.05, 0) is 6.92 Å². The van der Waals surface area contributed by atoms with Crippen LogP contribution in [0.1, 0.15) is 5.69 Å². The van der Waals surface area contributed by atoms with E-state index in [-0.39, 0.29) is 5.52 Å². The van der Waals surface area contributed by atoms with Crippen molar-refractivity contribution in [3.8, 4) is 0 Å². The Labute approximate surface area is 72.2 Å². The van der Waals surface area contributed by atoms with Crippen LogP contribution in [0.2, 0.25) is 0 Å². The van der Waals surface area contributed by atoms with Crippen molar-refractivity contribution in [1.82, 2.24) is 19.7 Å². The van der Waals surface area contributed by atoms with Gasteiger partial charge in [-0.3, -0.25) is 19.4 Å². The minimum Gasteiger partial charge on any atom is -0.293 e. The fourth-order valence-corrected chi connectivity index (χ4v) is 1.33. The van der Waals surface area contributed by atoms with Gasteiger partial charge in [0.2, 0.25) is 0 Å². The number of H-pyrrole nitrogens is 2. The van der Waals surface area contributed by atoms with E-state index in [4.69, 9.17) is 0 Å². The van der Waals surface area contributed by atoms with Gasteiger partial charge in [-0.1, -0.05) is 0 Å². The molecule has 0 aliphatic carbocycles. The van der Waals surface area contributed by atoms with Gasteiger partial charge in [-0.15, -0.1) is 0 Å². The van der Waals surface area contributed by atoms with E-state index in [0.717, 1.165) is 0 Å². The molecule has 2 rings (SSSR count). The van der Waals surface area contributed by atoms with Crippen LogP contribution in [-0.4, -0.2) is 19.7 Å². The van der Waals surface area contributed by atoms with Crippen molar-refractivity contribution < 1.29 is 0 Å². The van der Waals surface area contributed by atoms with Gasteiger partial charge in [0.05, 0.1) is 11.2 Å². The Bertz CT molecular complexity index is 574. The molecule has 0 bridgehead atoms. The SMILES string of the molecule is Cc1[nH]nc2c(=O)[nH]c(=O)n(C)c12. The monoisotopic (exact) mass is 180 g/mol. The summed E-state index contributed by atoms with van der Waals surface area (Å²) >= 11 is 0. The van der Waals surface area contributed by atoms with Crippen LogP contribution in [0, 0.1) is 6.92 Å². The van der Waals surface area contributed by atoms with E-state index in [0.29, 0.717) is 11.2 Å². The quantitative estimate of drug-likeness (QED) is 0.560. The van der Waals surface area contributed by atoms with Crippen molar-refractivity contribution in [2.75, 3.05) is 0 Å². The average molecular weight is 180 g/mol. The summed E-state index contributed by atoms with van der Waals surface area (Å²) in [4.78, 5) is 24.5. The maximum atomic E-state index is 11.2. The van der Waals surface area contributed by atoms with Crippen LogP contribution in [0.15, 0.2) is 9.59 Å². The largest absolute Gasteiger partial charge is 0.328 e. The molecule has 13 heavy (non-hydrogen) atoms. The second kappa shape index (κ2) is 2.32. The molecule has 0 unspecified atom stereocenters. The smallest absolute Gasteiger partial charge is 0.293 e. The van der Waals surface area contributed by atoms with Crippen molar-refractivity contribution in [3.05, 3.63) is 26.5 Å². The third-order valence-electron chi connectivity index (χ3n) is 1.99. The van der Waals surface area contributed by atoms with Crippen molar-refractivity contribution in [2.24, 2.45) is 7.05 Å². The molecular weight excluding hydrogens is 172 g/mol. The number of nitrogens with zero attached hydrogens (tertiary/aromatic N) is 2. The number of hydrogen-bond donors (Lipinski definition) is 2. The molecule has 2 heterocycles. The molecule has 2 N–H and O–H groups in total. The molecule has 2 aromatic heterocycles. The summed E-state index contributed by atoms with van der Waals surface area (Å²) < 4.78 is 1.36. The first-order valence-corrected chi connectivity index (χ1v) is 3.75. The Kier molecular flexibility index (Phi) is 1.39. The number of fused-ring (bicyclic) bond motifs is 1. The lowest BCUT2D eigenvalue weighted by Crippen LogP contribution is -2.28. The second-order valence-corrected chi connectivity index (χ2v) is 2.86. The number of nitrogens with one attached hydrogen (secondary N) is 2. The first kappa shape index (κ1) is 7.78. The van der Waals surface area contributed by atoms with Crippen molar-refractivity contribution in [3.63, 3.8) is 0 Å². The molecule has 0 radical (unpaired) electrons. The molecule has 0 aromatic carbocycles. The topological polar surface area (TPSA) is 83.5 Å². The van der Waals surface area contributed by atoms with Gasteiger partial charge < -0.3 is 0 Å².